The van der Waals surface area contributed by atoms with E-state index in [-0.39, 0.29) is 17.2 Å². The van der Waals surface area contributed by atoms with E-state index < -0.39 is 0 Å². The third-order valence-electron chi connectivity index (χ3n) is 6.66. The van der Waals surface area contributed by atoms with E-state index in [2.05, 4.69) is 24.0 Å². The number of rotatable bonds is 5. The van der Waals surface area contributed by atoms with Crippen LogP contribution in [0.5, 0.6) is 0 Å². The zero-order valence-electron chi connectivity index (χ0n) is 19.7. The second-order valence-corrected chi connectivity index (χ2v) is 9.59. The average Bonchev–Trinajstić information content (AvgIpc) is 3.21. The van der Waals surface area contributed by atoms with Gasteiger partial charge in [-0.2, -0.15) is 4.98 Å². The summed E-state index contributed by atoms with van der Waals surface area (Å²) in [7, 11) is 1.69. The predicted octanol–water partition coefficient (Wildman–Crippen LogP) is 4.28. The molecule has 2 aromatic carbocycles. The Kier molecular flexibility index (Phi) is 5.81. The minimum Gasteiger partial charge on any atom is -0.311 e. The summed E-state index contributed by atoms with van der Waals surface area (Å²) in [4.78, 5) is 33.6. The Labute approximate surface area is 202 Å². The molecule has 34 heavy (non-hydrogen) atoms. The first-order chi connectivity index (χ1) is 16.4. The molecule has 3 heterocycles. The Balaban J connectivity index is 1.60. The van der Waals surface area contributed by atoms with Crippen molar-refractivity contribution < 1.29 is 0 Å². The van der Waals surface area contributed by atoms with Crippen LogP contribution in [-0.4, -0.2) is 25.2 Å². The SMILES string of the molecule is Cc1c(Cl)cccc1N1CC(C)Cn2c1nc1c2c(=O)n(CCCc2ccccc2)c(=O)n1C. The van der Waals surface area contributed by atoms with Crippen LogP contribution in [0.1, 0.15) is 24.5 Å². The van der Waals surface area contributed by atoms with Crippen LogP contribution in [0.4, 0.5) is 11.6 Å². The van der Waals surface area contributed by atoms with E-state index in [0.717, 1.165) is 24.2 Å². The van der Waals surface area contributed by atoms with E-state index in [1.54, 1.807) is 7.05 Å². The van der Waals surface area contributed by atoms with Crippen molar-refractivity contribution in [1.82, 2.24) is 18.7 Å². The average molecular weight is 478 g/mol. The van der Waals surface area contributed by atoms with Crippen molar-refractivity contribution in [3.63, 3.8) is 0 Å². The Morgan fingerprint density at radius 2 is 1.82 bits per heavy atom. The number of anilines is 2. The largest absolute Gasteiger partial charge is 0.332 e. The monoisotopic (exact) mass is 477 g/mol. The number of hydrogen-bond donors (Lipinski definition) is 0. The molecule has 1 aliphatic heterocycles. The maximum Gasteiger partial charge on any atom is 0.332 e. The molecule has 0 spiro atoms. The molecule has 0 radical (unpaired) electrons. The van der Waals surface area contributed by atoms with E-state index in [4.69, 9.17) is 16.6 Å². The number of benzene rings is 2. The van der Waals surface area contributed by atoms with Gasteiger partial charge in [0.2, 0.25) is 5.95 Å². The van der Waals surface area contributed by atoms with Crippen molar-refractivity contribution in [1.29, 1.82) is 0 Å². The Bertz CT molecular complexity index is 1490. The second kappa shape index (κ2) is 8.80. The number of aromatic nitrogens is 4. The molecule has 176 valence electrons. The van der Waals surface area contributed by atoms with Gasteiger partial charge in [-0.25, -0.2) is 4.79 Å². The van der Waals surface area contributed by atoms with Gasteiger partial charge in [0, 0.05) is 37.4 Å². The van der Waals surface area contributed by atoms with Gasteiger partial charge in [-0.1, -0.05) is 54.9 Å². The minimum atomic E-state index is -0.334. The van der Waals surface area contributed by atoms with Gasteiger partial charge in [-0.3, -0.25) is 13.9 Å². The molecule has 0 saturated carbocycles. The number of fused-ring (bicyclic) bond motifs is 3. The normalized spacial score (nSPS) is 15.6. The maximum absolute atomic E-state index is 13.6. The van der Waals surface area contributed by atoms with Gasteiger partial charge in [0.25, 0.3) is 5.56 Å². The fraction of sp³-hybridized carbons (Fsp3) is 0.346. The molecule has 0 bridgehead atoms. The van der Waals surface area contributed by atoms with Crippen LogP contribution in [0.2, 0.25) is 5.02 Å². The van der Waals surface area contributed by atoms with Gasteiger partial charge >= 0.3 is 5.69 Å². The minimum absolute atomic E-state index is 0.276. The van der Waals surface area contributed by atoms with Crippen LogP contribution in [0.3, 0.4) is 0 Å². The highest BCUT2D eigenvalue weighted by Crippen LogP contribution is 2.36. The Morgan fingerprint density at radius 1 is 1.06 bits per heavy atom. The lowest BCUT2D eigenvalue weighted by Gasteiger charge is -2.34. The summed E-state index contributed by atoms with van der Waals surface area (Å²) < 4.78 is 4.83. The summed E-state index contributed by atoms with van der Waals surface area (Å²) >= 11 is 6.41. The van der Waals surface area contributed by atoms with E-state index in [1.807, 2.05) is 47.9 Å². The summed E-state index contributed by atoms with van der Waals surface area (Å²) in [5, 5.41) is 0.687. The summed E-state index contributed by atoms with van der Waals surface area (Å²) in [6, 6.07) is 15.9. The zero-order valence-corrected chi connectivity index (χ0v) is 20.4. The molecular formula is C26H28ClN5O2. The molecule has 1 unspecified atom stereocenters. The van der Waals surface area contributed by atoms with Gasteiger partial charge in [-0.15, -0.1) is 0 Å². The summed E-state index contributed by atoms with van der Waals surface area (Å²) in [5.74, 6) is 0.957. The molecule has 5 rings (SSSR count). The fourth-order valence-corrected chi connectivity index (χ4v) is 5.05. The highest BCUT2D eigenvalue weighted by molar-refractivity contribution is 6.31. The van der Waals surface area contributed by atoms with Gasteiger partial charge in [0.15, 0.2) is 11.2 Å². The van der Waals surface area contributed by atoms with Gasteiger partial charge < -0.3 is 9.47 Å². The van der Waals surface area contributed by atoms with Crippen molar-refractivity contribution in [2.24, 2.45) is 13.0 Å². The third-order valence-corrected chi connectivity index (χ3v) is 7.07. The third kappa shape index (κ3) is 3.74. The molecular weight excluding hydrogens is 450 g/mol. The smallest absolute Gasteiger partial charge is 0.311 e. The van der Waals surface area contributed by atoms with Crippen LogP contribution in [-0.2, 0) is 26.6 Å². The van der Waals surface area contributed by atoms with E-state index >= 15 is 0 Å². The molecule has 0 aliphatic carbocycles. The molecule has 4 aromatic rings. The van der Waals surface area contributed by atoms with Crippen LogP contribution >= 0.6 is 11.6 Å². The first-order valence-corrected chi connectivity index (χ1v) is 12.0. The van der Waals surface area contributed by atoms with Crippen molar-refractivity contribution in [3.8, 4) is 0 Å². The van der Waals surface area contributed by atoms with Gasteiger partial charge in [0.05, 0.1) is 0 Å². The first-order valence-electron chi connectivity index (χ1n) is 11.6. The second-order valence-electron chi connectivity index (χ2n) is 9.18. The van der Waals surface area contributed by atoms with Crippen molar-refractivity contribution in [2.45, 2.75) is 39.8 Å². The molecule has 2 aromatic heterocycles. The Morgan fingerprint density at radius 3 is 2.59 bits per heavy atom. The molecule has 8 heteroatoms. The van der Waals surface area contributed by atoms with Gasteiger partial charge in [0.1, 0.15) is 0 Å². The maximum atomic E-state index is 13.6. The van der Waals surface area contributed by atoms with Crippen LogP contribution < -0.4 is 16.1 Å². The lowest BCUT2D eigenvalue weighted by atomic mass is 10.1. The Hall–Kier alpha value is -3.32. The zero-order chi connectivity index (χ0) is 24.0. The number of hydrogen-bond acceptors (Lipinski definition) is 4. The fourth-order valence-electron chi connectivity index (χ4n) is 4.88. The topological polar surface area (TPSA) is 65.1 Å². The summed E-state index contributed by atoms with van der Waals surface area (Å²) in [6.45, 7) is 5.92. The quantitative estimate of drug-likeness (QED) is 0.430. The van der Waals surface area contributed by atoms with Crippen molar-refractivity contribution >= 4 is 34.4 Å². The van der Waals surface area contributed by atoms with E-state index in [0.29, 0.717) is 41.6 Å². The first kappa shape index (κ1) is 22.5. The van der Waals surface area contributed by atoms with Crippen molar-refractivity contribution in [2.75, 3.05) is 11.4 Å². The number of nitrogens with zero attached hydrogens (tertiary/aromatic N) is 5. The molecule has 7 nitrogen and oxygen atoms in total. The van der Waals surface area contributed by atoms with Crippen LogP contribution in [0, 0.1) is 12.8 Å². The number of imidazole rings is 1. The molecule has 0 fully saturated rings. The van der Waals surface area contributed by atoms with Gasteiger partial charge in [-0.05, 0) is 48.9 Å². The van der Waals surface area contributed by atoms with E-state index in [1.165, 1.54) is 14.7 Å². The van der Waals surface area contributed by atoms with Crippen LogP contribution in [0.15, 0.2) is 58.1 Å². The summed E-state index contributed by atoms with van der Waals surface area (Å²) in [5.41, 5.74) is 3.40. The number of halogens is 1. The standard InChI is InChI=1S/C26H28ClN5O2/c1-17-15-31(21-13-7-12-20(27)18(21)2)25-28-23-22(32(25)16-17)24(33)30(26(34)29(23)3)14-8-11-19-9-5-4-6-10-19/h4-7,9-10,12-13,17H,8,11,14-16H2,1-3H3. The summed E-state index contributed by atoms with van der Waals surface area (Å²) in [6.07, 6.45) is 1.51. The lowest BCUT2D eigenvalue weighted by molar-refractivity contribution is 0.457. The molecule has 0 N–H and O–H groups in total. The number of aryl methyl sites for hydroxylation is 2. The highest BCUT2D eigenvalue weighted by atomic mass is 35.5. The highest BCUT2D eigenvalue weighted by Gasteiger charge is 2.30. The van der Waals surface area contributed by atoms with Crippen molar-refractivity contribution in [3.05, 3.63) is 85.5 Å². The molecule has 0 saturated heterocycles. The molecule has 1 aliphatic rings. The van der Waals surface area contributed by atoms with Crippen LogP contribution in [0.25, 0.3) is 11.2 Å². The molecule has 1 atom stereocenters. The predicted molar refractivity (Wildman–Crippen MR) is 136 cm³/mol. The molecule has 0 amide bonds. The van der Waals surface area contributed by atoms with E-state index in [9.17, 15) is 9.59 Å². The lowest BCUT2D eigenvalue weighted by Crippen LogP contribution is -2.40.